The van der Waals surface area contributed by atoms with Crippen LogP contribution in [0.5, 0.6) is 5.75 Å². The van der Waals surface area contributed by atoms with Gasteiger partial charge in [0.2, 0.25) is 0 Å². The van der Waals surface area contributed by atoms with Crippen LogP contribution in [0.25, 0.3) is 10.1 Å². The molecule has 3 aromatic carbocycles. The molecule has 0 radical (unpaired) electrons. The third kappa shape index (κ3) is 5.36. The minimum atomic E-state index is -0.417. The molecule has 0 atom stereocenters. The molecule has 4 rings (SSSR count). The quantitative estimate of drug-likeness (QED) is 0.264. The first-order valence-electron chi connectivity index (χ1n) is 10.4. The highest BCUT2D eigenvalue weighted by molar-refractivity contribution is 7.80. The average Bonchev–Trinajstić information content (AvgIpc) is 3.17. The fourth-order valence-corrected chi connectivity index (χ4v) is 4.88. The molecule has 0 aliphatic rings. The van der Waals surface area contributed by atoms with E-state index in [9.17, 15) is 9.59 Å². The van der Waals surface area contributed by atoms with Crippen molar-refractivity contribution in [2.24, 2.45) is 0 Å². The molecule has 0 aliphatic carbocycles. The number of nitrogens with one attached hydrogen (secondary N) is 3. The third-order valence-electron chi connectivity index (χ3n) is 4.81. The summed E-state index contributed by atoms with van der Waals surface area (Å²) >= 11 is 13.0. The second-order valence-corrected chi connectivity index (χ2v) is 8.95. The van der Waals surface area contributed by atoms with Crippen molar-refractivity contribution in [2.45, 2.75) is 6.92 Å². The Labute approximate surface area is 210 Å². The molecule has 0 aliphatic heterocycles. The smallest absolute Gasteiger partial charge is 0.269 e. The summed E-state index contributed by atoms with van der Waals surface area (Å²) in [6.45, 7) is 2.47. The highest BCUT2D eigenvalue weighted by Crippen LogP contribution is 2.35. The standard InChI is InChI=1S/C25H20ClN3O3S2/c1-2-32-16-13-11-15(12-14-16)27-23(30)17-7-3-5-9-19(17)28-25(33)29-24(31)22-21(26)18-8-4-6-10-20(18)34-22/h3-14H,2H2,1H3,(H,27,30)(H2,28,29,31,33). The SMILES string of the molecule is CCOc1ccc(NC(=O)c2ccccc2NC(=S)NC(=O)c2sc3ccccc3c2Cl)cc1. The fourth-order valence-electron chi connectivity index (χ4n) is 3.26. The highest BCUT2D eigenvalue weighted by atomic mass is 35.5. The number of para-hydroxylation sites is 1. The van der Waals surface area contributed by atoms with Crippen molar-refractivity contribution < 1.29 is 14.3 Å². The van der Waals surface area contributed by atoms with E-state index < -0.39 is 5.91 Å². The molecule has 0 bridgehead atoms. The monoisotopic (exact) mass is 509 g/mol. The van der Waals surface area contributed by atoms with Gasteiger partial charge in [0.25, 0.3) is 11.8 Å². The van der Waals surface area contributed by atoms with Gasteiger partial charge in [0.05, 0.1) is 22.9 Å². The molecule has 0 spiro atoms. The molecular formula is C25H20ClN3O3S2. The topological polar surface area (TPSA) is 79.5 Å². The molecule has 1 heterocycles. The molecule has 0 saturated carbocycles. The van der Waals surface area contributed by atoms with Crippen LogP contribution in [-0.4, -0.2) is 23.5 Å². The molecule has 2 amide bonds. The number of hydrogen-bond donors (Lipinski definition) is 3. The first kappa shape index (κ1) is 23.7. The predicted octanol–water partition coefficient (Wildman–Crippen LogP) is 6.33. The first-order valence-corrected chi connectivity index (χ1v) is 12.0. The van der Waals surface area contributed by atoms with Crippen LogP contribution in [-0.2, 0) is 0 Å². The van der Waals surface area contributed by atoms with Crippen molar-refractivity contribution in [3.8, 4) is 5.75 Å². The van der Waals surface area contributed by atoms with Crippen molar-refractivity contribution >= 4 is 73.5 Å². The summed E-state index contributed by atoms with van der Waals surface area (Å²) in [5.41, 5.74) is 1.45. The highest BCUT2D eigenvalue weighted by Gasteiger charge is 2.19. The molecule has 3 N–H and O–H groups in total. The van der Waals surface area contributed by atoms with E-state index in [-0.39, 0.29) is 11.0 Å². The number of rotatable bonds is 6. The van der Waals surface area contributed by atoms with Gasteiger partial charge in [-0.25, -0.2) is 0 Å². The number of fused-ring (bicyclic) bond motifs is 1. The molecule has 6 nitrogen and oxygen atoms in total. The fraction of sp³-hybridized carbons (Fsp3) is 0.0800. The average molecular weight is 510 g/mol. The number of carbonyl (C=O) groups excluding carboxylic acids is 2. The van der Waals surface area contributed by atoms with Crippen LogP contribution in [0.3, 0.4) is 0 Å². The molecule has 0 fully saturated rings. The summed E-state index contributed by atoms with van der Waals surface area (Å²) in [5, 5.41) is 9.68. The largest absolute Gasteiger partial charge is 0.494 e. The molecule has 0 unspecified atom stereocenters. The third-order valence-corrected chi connectivity index (χ3v) is 6.69. The first-order chi connectivity index (χ1) is 16.5. The Bertz CT molecular complexity index is 1370. The zero-order chi connectivity index (χ0) is 24.1. The van der Waals surface area contributed by atoms with Gasteiger partial charge in [-0.1, -0.05) is 41.9 Å². The summed E-state index contributed by atoms with van der Waals surface area (Å²) in [4.78, 5) is 26.0. The van der Waals surface area contributed by atoms with Crippen molar-refractivity contribution in [3.63, 3.8) is 0 Å². The van der Waals surface area contributed by atoms with E-state index in [1.54, 1.807) is 48.5 Å². The van der Waals surface area contributed by atoms with Crippen LogP contribution in [0, 0.1) is 0 Å². The molecule has 172 valence electrons. The number of carbonyl (C=O) groups is 2. The maximum absolute atomic E-state index is 12.9. The summed E-state index contributed by atoms with van der Waals surface area (Å²) in [5.74, 6) is -0.0173. The van der Waals surface area contributed by atoms with Crippen molar-refractivity contribution in [1.29, 1.82) is 0 Å². The van der Waals surface area contributed by atoms with Gasteiger partial charge in [-0.15, -0.1) is 11.3 Å². The van der Waals surface area contributed by atoms with Gasteiger partial charge in [0, 0.05) is 15.8 Å². The van der Waals surface area contributed by atoms with Crippen LogP contribution >= 0.6 is 35.2 Å². The summed E-state index contributed by atoms with van der Waals surface area (Å²) in [6, 6.07) is 21.5. The molecule has 34 heavy (non-hydrogen) atoms. The number of thiocarbonyl (C=S) groups is 1. The minimum Gasteiger partial charge on any atom is -0.494 e. The van der Waals surface area contributed by atoms with Gasteiger partial charge < -0.3 is 15.4 Å². The molecule has 0 saturated heterocycles. The van der Waals surface area contributed by atoms with E-state index in [4.69, 9.17) is 28.6 Å². The van der Waals surface area contributed by atoms with Gasteiger partial charge >= 0.3 is 0 Å². The van der Waals surface area contributed by atoms with Crippen molar-refractivity contribution in [2.75, 3.05) is 17.2 Å². The Hall–Kier alpha value is -3.46. The van der Waals surface area contributed by atoms with E-state index in [0.29, 0.717) is 33.4 Å². The minimum absolute atomic E-state index is 0.0554. The van der Waals surface area contributed by atoms with Gasteiger partial charge in [-0.2, -0.15) is 0 Å². The Morgan fingerprint density at radius 1 is 0.941 bits per heavy atom. The molecular weight excluding hydrogens is 490 g/mol. The van der Waals surface area contributed by atoms with Crippen molar-refractivity contribution in [3.05, 3.63) is 88.3 Å². The molecule has 1 aromatic heterocycles. The zero-order valence-corrected chi connectivity index (χ0v) is 20.4. The van der Waals surface area contributed by atoms with E-state index in [1.165, 1.54) is 11.3 Å². The summed E-state index contributed by atoms with van der Waals surface area (Å²) in [7, 11) is 0. The normalized spacial score (nSPS) is 10.5. The van der Waals surface area contributed by atoms with E-state index >= 15 is 0 Å². The maximum atomic E-state index is 12.9. The van der Waals surface area contributed by atoms with Crippen LogP contribution in [0.2, 0.25) is 5.02 Å². The van der Waals surface area contributed by atoms with Gasteiger partial charge in [0.15, 0.2) is 5.11 Å². The number of halogens is 1. The lowest BCUT2D eigenvalue weighted by Crippen LogP contribution is -2.34. The number of thiophene rings is 1. The van der Waals surface area contributed by atoms with E-state index in [1.807, 2.05) is 31.2 Å². The van der Waals surface area contributed by atoms with Crippen LogP contribution in [0.4, 0.5) is 11.4 Å². The second kappa shape index (κ2) is 10.6. The lowest BCUT2D eigenvalue weighted by molar-refractivity contribution is 0.0980. The number of amides is 2. The van der Waals surface area contributed by atoms with Crippen LogP contribution in [0.15, 0.2) is 72.8 Å². The molecule has 9 heteroatoms. The lowest BCUT2D eigenvalue weighted by Gasteiger charge is -2.13. The number of hydrogen-bond acceptors (Lipinski definition) is 5. The Morgan fingerprint density at radius 2 is 1.65 bits per heavy atom. The summed E-state index contributed by atoms with van der Waals surface area (Å²) in [6.07, 6.45) is 0. The zero-order valence-electron chi connectivity index (χ0n) is 18.1. The van der Waals surface area contributed by atoms with Crippen molar-refractivity contribution in [1.82, 2.24) is 5.32 Å². The van der Waals surface area contributed by atoms with Crippen LogP contribution in [0.1, 0.15) is 27.0 Å². The van der Waals surface area contributed by atoms with Gasteiger partial charge in [-0.3, -0.25) is 14.9 Å². The lowest BCUT2D eigenvalue weighted by atomic mass is 10.1. The predicted molar refractivity (Wildman–Crippen MR) is 143 cm³/mol. The maximum Gasteiger partial charge on any atom is 0.269 e. The number of ether oxygens (including phenoxy) is 1. The van der Waals surface area contributed by atoms with Gasteiger partial charge in [0.1, 0.15) is 10.6 Å². The second-order valence-electron chi connectivity index (χ2n) is 7.11. The van der Waals surface area contributed by atoms with E-state index in [2.05, 4.69) is 16.0 Å². The Kier molecular flexibility index (Phi) is 7.42. The Morgan fingerprint density at radius 3 is 2.38 bits per heavy atom. The number of benzene rings is 3. The van der Waals surface area contributed by atoms with E-state index in [0.717, 1.165) is 15.8 Å². The van der Waals surface area contributed by atoms with Crippen LogP contribution < -0.4 is 20.7 Å². The Balaban J connectivity index is 1.44. The summed E-state index contributed by atoms with van der Waals surface area (Å²) < 4.78 is 6.33. The molecule has 4 aromatic rings. The van der Waals surface area contributed by atoms with Gasteiger partial charge in [-0.05, 0) is 61.6 Å². The number of anilines is 2.